The number of carbonyl (C=O) groups excluding carboxylic acids is 1. The topological polar surface area (TPSA) is 94.8 Å². The van der Waals surface area contributed by atoms with Crippen LogP contribution in [0.4, 0.5) is 0 Å². The fourth-order valence-electron chi connectivity index (χ4n) is 10.5. The second-order valence-corrected chi connectivity index (χ2v) is 15.1. The smallest absolute Gasteiger partial charge is 0.309 e. The van der Waals surface area contributed by atoms with Gasteiger partial charge in [-0.15, -0.1) is 0 Å². The van der Waals surface area contributed by atoms with Crippen molar-refractivity contribution >= 4 is 11.8 Å². The summed E-state index contributed by atoms with van der Waals surface area (Å²) in [6.07, 6.45) is 6.91. The lowest BCUT2D eigenvalue weighted by atomic mass is 9.33. The molecular weight excluding hydrogens is 440 g/mol. The van der Waals surface area contributed by atoms with Crippen molar-refractivity contribution in [1.82, 2.24) is 0 Å². The Kier molecular flexibility index (Phi) is 5.25. The van der Waals surface area contributed by atoms with Crippen LogP contribution in [-0.2, 0) is 9.59 Å². The van der Waals surface area contributed by atoms with E-state index in [9.17, 15) is 24.9 Å². The number of aliphatic hydroxyl groups is 2. The molecule has 5 rings (SSSR count). The van der Waals surface area contributed by atoms with E-state index in [-0.39, 0.29) is 45.2 Å². The van der Waals surface area contributed by atoms with Crippen LogP contribution in [0.25, 0.3) is 0 Å². The standard InChI is InChI=1S/C30H46O5/c1-25(2)21-8-9-30(7)22(28(21,5)16-20(32)23(25)33)19(31)14-17-18-15-27(4,24(34)35)11-10-26(18,3)12-13-29(17,30)6/h14,18,20-23,32-33H,8-13,15-16H2,1-7H3,(H,34,35)/t18-,20-,21-,22+,23+,26+,27-,28-,29+,30+/m0/s1. The largest absolute Gasteiger partial charge is 0.481 e. The van der Waals surface area contributed by atoms with Crippen LogP contribution < -0.4 is 0 Å². The predicted octanol–water partition coefficient (Wildman–Crippen LogP) is 5.38. The van der Waals surface area contributed by atoms with E-state index < -0.39 is 29.0 Å². The second-order valence-electron chi connectivity index (χ2n) is 15.1. The lowest BCUT2D eigenvalue weighted by molar-refractivity contribution is -0.227. The minimum absolute atomic E-state index is 0.0397. The molecule has 0 aliphatic heterocycles. The van der Waals surface area contributed by atoms with E-state index in [0.29, 0.717) is 19.3 Å². The summed E-state index contributed by atoms with van der Waals surface area (Å²) < 4.78 is 0. The number of hydrogen-bond donors (Lipinski definition) is 3. The van der Waals surface area contributed by atoms with Gasteiger partial charge in [-0.05, 0) is 103 Å². The van der Waals surface area contributed by atoms with Crippen LogP contribution >= 0.6 is 0 Å². The zero-order valence-electron chi connectivity index (χ0n) is 22.8. The molecule has 0 spiro atoms. The third-order valence-electron chi connectivity index (χ3n) is 13.0. The summed E-state index contributed by atoms with van der Waals surface area (Å²) in [6.45, 7) is 15.2. The van der Waals surface area contributed by atoms with E-state index in [0.717, 1.165) is 32.1 Å². The molecule has 0 aromatic heterocycles. The SMILES string of the molecule is CC1(C)[C@H](O)[C@@H](O)C[C@]2(C)[C@H]3C(=O)C=C4[C@@H]5C[C@@](C)(C(=O)O)CC[C@]5(C)CC[C@@]4(C)[C@]3(C)CC[C@@H]12. The summed E-state index contributed by atoms with van der Waals surface area (Å²) in [7, 11) is 0. The van der Waals surface area contributed by atoms with Crippen molar-refractivity contribution < 1.29 is 24.9 Å². The lowest BCUT2D eigenvalue weighted by Gasteiger charge is -2.70. The molecule has 5 nitrogen and oxygen atoms in total. The summed E-state index contributed by atoms with van der Waals surface area (Å²) in [5, 5.41) is 31.9. The Morgan fingerprint density at radius 3 is 2.17 bits per heavy atom. The van der Waals surface area contributed by atoms with Gasteiger partial charge in [0.2, 0.25) is 0 Å². The first kappa shape index (κ1) is 25.4. The number of aliphatic carboxylic acids is 1. The quantitative estimate of drug-likeness (QED) is 0.462. The van der Waals surface area contributed by atoms with Crippen molar-refractivity contribution in [2.75, 3.05) is 0 Å². The summed E-state index contributed by atoms with van der Waals surface area (Å²) in [5.41, 5.74) is -0.780. The van der Waals surface area contributed by atoms with E-state index in [1.165, 1.54) is 5.57 Å². The Bertz CT molecular complexity index is 999. The van der Waals surface area contributed by atoms with E-state index in [2.05, 4.69) is 41.5 Å². The van der Waals surface area contributed by atoms with Crippen molar-refractivity contribution in [2.45, 2.75) is 112 Å². The van der Waals surface area contributed by atoms with Gasteiger partial charge in [-0.1, -0.05) is 47.1 Å². The highest BCUT2D eigenvalue weighted by atomic mass is 16.4. The van der Waals surface area contributed by atoms with E-state index in [1.54, 1.807) is 0 Å². The maximum atomic E-state index is 14.2. The molecule has 5 heteroatoms. The first-order chi connectivity index (χ1) is 16.0. The van der Waals surface area contributed by atoms with Crippen LogP contribution in [0.1, 0.15) is 99.8 Å². The normalized spacial score (nSPS) is 55.1. The van der Waals surface area contributed by atoms with Crippen molar-refractivity contribution in [2.24, 2.45) is 50.2 Å². The minimum Gasteiger partial charge on any atom is -0.481 e. The van der Waals surface area contributed by atoms with Crippen LogP contribution in [0.5, 0.6) is 0 Å². The fraction of sp³-hybridized carbons (Fsp3) is 0.867. The maximum Gasteiger partial charge on any atom is 0.309 e. The third-order valence-corrected chi connectivity index (χ3v) is 13.0. The van der Waals surface area contributed by atoms with Crippen LogP contribution in [-0.4, -0.2) is 39.3 Å². The van der Waals surface area contributed by atoms with E-state index >= 15 is 0 Å². The van der Waals surface area contributed by atoms with Gasteiger partial charge in [0.25, 0.3) is 0 Å². The first-order valence-corrected chi connectivity index (χ1v) is 13.8. The van der Waals surface area contributed by atoms with Gasteiger partial charge in [-0.3, -0.25) is 9.59 Å². The first-order valence-electron chi connectivity index (χ1n) is 13.8. The number of carbonyl (C=O) groups is 2. The molecule has 0 aromatic carbocycles. The predicted molar refractivity (Wildman–Crippen MR) is 134 cm³/mol. The zero-order chi connectivity index (χ0) is 26.0. The van der Waals surface area contributed by atoms with Gasteiger partial charge in [-0.25, -0.2) is 0 Å². The molecule has 0 heterocycles. The number of hydrogen-bond acceptors (Lipinski definition) is 4. The molecular formula is C30H46O5. The number of ketones is 1. The van der Waals surface area contributed by atoms with Gasteiger partial charge in [0, 0.05) is 5.92 Å². The molecule has 35 heavy (non-hydrogen) atoms. The fourth-order valence-corrected chi connectivity index (χ4v) is 10.5. The van der Waals surface area contributed by atoms with Gasteiger partial charge in [-0.2, -0.15) is 0 Å². The van der Waals surface area contributed by atoms with Crippen molar-refractivity contribution in [1.29, 1.82) is 0 Å². The summed E-state index contributed by atoms with van der Waals surface area (Å²) in [4.78, 5) is 26.5. The average Bonchev–Trinajstić information content (AvgIpc) is 2.74. The van der Waals surface area contributed by atoms with Gasteiger partial charge < -0.3 is 15.3 Å². The third kappa shape index (κ3) is 3.00. The number of carboxylic acid groups (broad SMARTS) is 1. The van der Waals surface area contributed by atoms with Crippen molar-refractivity contribution in [3.63, 3.8) is 0 Å². The number of rotatable bonds is 1. The monoisotopic (exact) mass is 486 g/mol. The van der Waals surface area contributed by atoms with Gasteiger partial charge >= 0.3 is 5.97 Å². The van der Waals surface area contributed by atoms with Crippen LogP contribution in [0, 0.1) is 50.2 Å². The Labute approximate surface area is 210 Å². The molecule has 5 aliphatic carbocycles. The molecule has 0 bridgehead atoms. The lowest BCUT2D eigenvalue weighted by Crippen LogP contribution is -2.68. The van der Waals surface area contributed by atoms with Gasteiger partial charge in [0.15, 0.2) is 5.78 Å². The number of carboxylic acids is 1. The van der Waals surface area contributed by atoms with Crippen molar-refractivity contribution in [3.8, 4) is 0 Å². The highest BCUT2D eigenvalue weighted by molar-refractivity contribution is 5.95. The molecule has 0 radical (unpaired) electrons. The van der Waals surface area contributed by atoms with Crippen LogP contribution in [0.3, 0.4) is 0 Å². The molecule has 196 valence electrons. The molecule has 5 aliphatic rings. The molecule has 0 amide bonds. The Morgan fingerprint density at radius 1 is 0.914 bits per heavy atom. The zero-order valence-corrected chi connectivity index (χ0v) is 22.8. The average molecular weight is 487 g/mol. The number of allylic oxidation sites excluding steroid dienone is 2. The highest BCUT2D eigenvalue weighted by Crippen LogP contribution is 2.75. The van der Waals surface area contributed by atoms with Crippen molar-refractivity contribution in [3.05, 3.63) is 11.6 Å². The Morgan fingerprint density at radius 2 is 1.54 bits per heavy atom. The minimum atomic E-state index is -0.830. The molecule has 0 aromatic rings. The molecule has 4 saturated carbocycles. The molecule has 0 unspecified atom stereocenters. The molecule has 4 fully saturated rings. The number of aliphatic hydroxyl groups excluding tert-OH is 2. The summed E-state index contributed by atoms with van der Waals surface area (Å²) in [5.74, 6) is -0.490. The maximum absolute atomic E-state index is 14.2. The van der Waals surface area contributed by atoms with Crippen LogP contribution in [0.2, 0.25) is 0 Å². The van der Waals surface area contributed by atoms with Crippen LogP contribution in [0.15, 0.2) is 11.6 Å². The molecule has 0 saturated heterocycles. The van der Waals surface area contributed by atoms with Gasteiger partial charge in [0.05, 0.1) is 17.6 Å². The highest BCUT2D eigenvalue weighted by Gasteiger charge is 2.71. The van der Waals surface area contributed by atoms with Gasteiger partial charge in [0.1, 0.15) is 0 Å². The Hall–Kier alpha value is -1.20. The molecule has 3 N–H and O–H groups in total. The van der Waals surface area contributed by atoms with E-state index in [4.69, 9.17) is 0 Å². The summed E-state index contributed by atoms with van der Waals surface area (Å²) >= 11 is 0. The van der Waals surface area contributed by atoms with E-state index in [1.807, 2.05) is 13.0 Å². The summed E-state index contributed by atoms with van der Waals surface area (Å²) in [6, 6.07) is 0. The number of fused-ring (bicyclic) bond motifs is 7. The second kappa shape index (κ2) is 7.22. The molecule has 10 atom stereocenters. The Balaban J connectivity index is 1.63.